The van der Waals surface area contributed by atoms with Gasteiger partial charge in [-0.1, -0.05) is 46.5 Å². The Hall–Kier alpha value is -0.0400. The van der Waals surface area contributed by atoms with Gasteiger partial charge < -0.3 is 5.11 Å². The van der Waals surface area contributed by atoms with Crippen molar-refractivity contribution in [3.63, 3.8) is 0 Å². The first-order valence-electron chi connectivity index (χ1n) is 5.29. The third-order valence-corrected chi connectivity index (χ3v) is 2.65. The molecule has 12 heavy (non-hydrogen) atoms. The second kappa shape index (κ2) is 6.47. The lowest BCUT2D eigenvalue weighted by Crippen LogP contribution is -2.21. The second-order valence-corrected chi connectivity index (χ2v) is 4.18. The minimum absolute atomic E-state index is 0.200. The van der Waals surface area contributed by atoms with Crippen LogP contribution >= 0.6 is 0 Å². The Morgan fingerprint density at radius 3 is 1.67 bits per heavy atom. The van der Waals surface area contributed by atoms with Crippen molar-refractivity contribution in [3.8, 4) is 0 Å². The fourth-order valence-electron chi connectivity index (χ4n) is 1.49. The van der Waals surface area contributed by atoms with Gasteiger partial charge in [-0.15, -0.1) is 0 Å². The van der Waals surface area contributed by atoms with Gasteiger partial charge in [0.2, 0.25) is 0 Å². The fourth-order valence-corrected chi connectivity index (χ4v) is 1.49. The summed E-state index contributed by atoms with van der Waals surface area (Å²) in [5.74, 6) is 0. The third-order valence-electron chi connectivity index (χ3n) is 2.65. The zero-order valence-corrected chi connectivity index (χ0v) is 8.90. The molecule has 0 amide bonds. The van der Waals surface area contributed by atoms with Crippen LogP contribution in [0.2, 0.25) is 0 Å². The Bertz CT molecular complexity index is 91.2. The van der Waals surface area contributed by atoms with E-state index in [2.05, 4.69) is 20.8 Å². The average molecular weight is 172 g/mol. The van der Waals surface area contributed by atoms with Gasteiger partial charge in [0.05, 0.1) is 0 Å². The van der Waals surface area contributed by atoms with Crippen LogP contribution in [0.1, 0.15) is 59.3 Å². The molecule has 0 fully saturated rings. The fraction of sp³-hybridized carbons (Fsp3) is 1.00. The molecule has 0 saturated carbocycles. The van der Waals surface area contributed by atoms with E-state index in [9.17, 15) is 5.11 Å². The van der Waals surface area contributed by atoms with Crippen LogP contribution < -0.4 is 0 Å². The van der Waals surface area contributed by atoms with Crippen LogP contribution in [-0.2, 0) is 0 Å². The van der Waals surface area contributed by atoms with Gasteiger partial charge in [0, 0.05) is 6.61 Å². The molecule has 0 bridgehead atoms. The molecule has 1 nitrogen and oxygen atoms in total. The van der Waals surface area contributed by atoms with E-state index in [4.69, 9.17) is 0 Å². The monoisotopic (exact) mass is 172 g/mol. The topological polar surface area (TPSA) is 20.2 Å². The molecule has 0 saturated heterocycles. The van der Waals surface area contributed by atoms with Crippen molar-refractivity contribution in [3.05, 3.63) is 0 Å². The Morgan fingerprint density at radius 1 is 1.00 bits per heavy atom. The highest BCUT2D eigenvalue weighted by Gasteiger charge is 2.21. The lowest BCUT2D eigenvalue weighted by atomic mass is 9.81. The Balaban J connectivity index is 3.70. The molecule has 0 aromatic rings. The second-order valence-electron chi connectivity index (χ2n) is 4.18. The highest BCUT2D eigenvalue weighted by molar-refractivity contribution is 4.72. The summed E-state index contributed by atoms with van der Waals surface area (Å²) in [5.41, 5.74) is 0.200. The van der Waals surface area contributed by atoms with Gasteiger partial charge in [-0.3, -0.25) is 0 Å². The smallest absolute Gasteiger partial charge is 0.0484 e. The molecule has 1 heteroatoms. The van der Waals surface area contributed by atoms with Crippen LogP contribution in [0.4, 0.5) is 0 Å². The summed E-state index contributed by atoms with van der Waals surface area (Å²) < 4.78 is 0. The maximum absolute atomic E-state index is 9.24. The number of aliphatic hydroxyl groups excluding tert-OH is 1. The number of unbranched alkanes of at least 4 members (excludes halogenated alkanes) is 2. The van der Waals surface area contributed by atoms with Crippen LogP contribution in [0.3, 0.4) is 0 Å². The molecule has 0 aromatic heterocycles. The van der Waals surface area contributed by atoms with Crippen molar-refractivity contribution in [2.75, 3.05) is 6.61 Å². The summed E-state index contributed by atoms with van der Waals surface area (Å²) in [6, 6.07) is 0. The minimum Gasteiger partial charge on any atom is -0.396 e. The predicted molar refractivity (Wildman–Crippen MR) is 54.2 cm³/mol. The molecule has 0 aliphatic rings. The van der Waals surface area contributed by atoms with Gasteiger partial charge in [-0.2, -0.15) is 0 Å². The van der Waals surface area contributed by atoms with Gasteiger partial charge in [-0.05, 0) is 18.3 Å². The van der Waals surface area contributed by atoms with E-state index in [1.807, 2.05) is 0 Å². The Kier molecular flexibility index (Phi) is 6.45. The standard InChI is InChI=1S/C11H24O/c1-4-6-8-11(3,10-12)9-7-5-2/h12H,4-10H2,1-3H3. The van der Waals surface area contributed by atoms with Crippen LogP contribution in [0.25, 0.3) is 0 Å². The largest absolute Gasteiger partial charge is 0.396 e. The molecule has 1 N–H and O–H groups in total. The first-order valence-corrected chi connectivity index (χ1v) is 5.29. The Morgan fingerprint density at radius 2 is 1.42 bits per heavy atom. The number of aliphatic hydroxyl groups is 1. The maximum Gasteiger partial charge on any atom is 0.0484 e. The maximum atomic E-state index is 9.24. The molecule has 0 spiro atoms. The molecular weight excluding hydrogens is 148 g/mol. The summed E-state index contributed by atoms with van der Waals surface area (Å²) in [6.07, 6.45) is 7.34. The SMILES string of the molecule is CCCCC(C)(CO)CCCC. The van der Waals surface area contributed by atoms with E-state index in [0.717, 1.165) is 0 Å². The van der Waals surface area contributed by atoms with Crippen molar-refractivity contribution >= 4 is 0 Å². The summed E-state index contributed by atoms with van der Waals surface area (Å²) >= 11 is 0. The first kappa shape index (κ1) is 12.0. The van der Waals surface area contributed by atoms with Gasteiger partial charge in [0.25, 0.3) is 0 Å². The highest BCUT2D eigenvalue weighted by Crippen LogP contribution is 2.29. The lowest BCUT2D eigenvalue weighted by molar-refractivity contribution is 0.118. The van der Waals surface area contributed by atoms with Gasteiger partial charge in [0.1, 0.15) is 0 Å². The van der Waals surface area contributed by atoms with Crippen molar-refractivity contribution in [2.24, 2.45) is 5.41 Å². The zero-order chi connectivity index (χ0) is 9.45. The molecule has 0 heterocycles. The molecular formula is C11H24O. The zero-order valence-electron chi connectivity index (χ0n) is 8.90. The van der Waals surface area contributed by atoms with E-state index in [1.54, 1.807) is 0 Å². The molecule has 0 aromatic carbocycles. The van der Waals surface area contributed by atoms with Crippen LogP contribution in [0.5, 0.6) is 0 Å². The summed E-state index contributed by atoms with van der Waals surface area (Å²) in [6.45, 7) is 6.97. The van der Waals surface area contributed by atoms with Crippen molar-refractivity contribution < 1.29 is 5.11 Å². The van der Waals surface area contributed by atoms with Crippen LogP contribution in [-0.4, -0.2) is 11.7 Å². The summed E-state index contributed by atoms with van der Waals surface area (Å²) in [5, 5.41) is 9.24. The first-order chi connectivity index (χ1) is 5.68. The molecule has 0 radical (unpaired) electrons. The van der Waals surface area contributed by atoms with Crippen LogP contribution in [0, 0.1) is 5.41 Å². The van der Waals surface area contributed by atoms with Gasteiger partial charge in [0.15, 0.2) is 0 Å². The van der Waals surface area contributed by atoms with Gasteiger partial charge in [-0.25, -0.2) is 0 Å². The number of hydrogen-bond acceptors (Lipinski definition) is 1. The molecule has 0 aliphatic heterocycles. The minimum atomic E-state index is 0.200. The quantitative estimate of drug-likeness (QED) is 0.624. The number of hydrogen-bond donors (Lipinski definition) is 1. The Labute approximate surface area is 77.2 Å². The van der Waals surface area contributed by atoms with E-state index in [1.165, 1.54) is 38.5 Å². The van der Waals surface area contributed by atoms with E-state index >= 15 is 0 Å². The molecule has 0 atom stereocenters. The predicted octanol–water partition coefficient (Wildman–Crippen LogP) is 3.37. The van der Waals surface area contributed by atoms with Crippen molar-refractivity contribution in [2.45, 2.75) is 59.3 Å². The molecule has 0 rings (SSSR count). The van der Waals surface area contributed by atoms with E-state index in [0.29, 0.717) is 6.61 Å². The summed E-state index contributed by atoms with van der Waals surface area (Å²) in [4.78, 5) is 0. The number of rotatable bonds is 7. The van der Waals surface area contributed by atoms with Crippen molar-refractivity contribution in [1.29, 1.82) is 0 Å². The van der Waals surface area contributed by atoms with Crippen molar-refractivity contribution in [1.82, 2.24) is 0 Å². The normalized spacial score (nSPS) is 12.0. The average Bonchev–Trinajstić information content (AvgIpc) is 2.11. The van der Waals surface area contributed by atoms with Crippen LogP contribution in [0.15, 0.2) is 0 Å². The molecule has 0 unspecified atom stereocenters. The molecule has 0 aliphatic carbocycles. The molecule has 74 valence electrons. The third kappa shape index (κ3) is 4.76. The lowest BCUT2D eigenvalue weighted by Gasteiger charge is -2.26. The van der Waals surface area contributed by atoms with E-state index < -0.39 is 0 Å². The van der Waals surface area contributed by atoms with Gasteiger partial charge >= 0.3 is 0 Å². The summed E-state index contributed by atoms with van der Waals surface area (Å²) in [7, 11) is 0. The highest BCUT2D eigenvalue weighted by atomic mass is 16.3. The van der Waals surface area contributed by atoms with E-state index in [-0.39, 0.29) is 5.41 Å².